The molecule has 2 N–H and O–H groups in total. The van der Waals surface area contributed by atoms with Gasteiger partial charge in [-0.05, 0) is 13.3 Å². The summed E-state index contributed by atoms with van der Waals surface area (Å²) in [6.45, 7) is 4.91. The summed E-state index contributed by atoms with van der Waals surface area (Å²) in [5, 5.41) is 5.69. The number of rotatable bonds is 8. The SMILES string of the molecule is CCCCC(C)N=C(CCN(C)C(=O)NC)NC=NC. The highest BCUT2D eigenvalue weighted by Crippen LogP contribution is 2.04. The maximum Gasteiger partial charge on any atom is 0.316 e. The van der Waals surface area contributed by atoms with Gasteiger partial charge in [-0.2, -0.15) is 0 Å². The molecule has 0 rings (SSSR count). The zero-order chi connectivity index (χ0) is 15.4. The largest absolute Gasteiger partial charge is 0.341 e. The van der Waals surface area contributed by atoms with Crippen molar-refractivity contribution in [3.8, 4) is 0 Å². The Morgan fingerprint density at radius 1 is 1.45 bits per heavy atom. The van der Waals surface area contributed by atoms with Gasteiger partial charge in [0.05, 0.1) is 6.34 Å². The number of hydrogen-bond donors (Lipinski definition) is 2. The number of amidine groups is 1. The van der Waals surface area contributed by atoms with E-state index in [-0.39, 0.29) is 12.1 Å². The van der Waals surface area contributed by atoms with E-state index in [1.165, 1.54) is 12.8 Å². The number of nitrogens with one attached hydrogen (secondary N) is 2. The highest BCUT2D eigenvalue weighted by Gasteiger charge is 2.08. The second kappa shape index (κ2) is 11.3. The fourth-order valence-electron chi connectivity index (χ4n) is 1.71. The molecule has 0 aromatic carbocycles. The van der Waals surface area contributed by atoms with E-state index in [1.54, 1.807) is 32.4 Å². The van der Waals surface area contributed by atoms with Crippen LogP contribution in [0.4, 0.5) is 4.79 Å². The topological polar surface area (TPSA) is 69.1 Å². The fraction of sp³-hybridized carbons (Fsp3) is 0.786. The average Bonchev–Trinajstić information content (AvgIpc) is 2.46. The van der Waals surface area contributed by atoms with Gasteiger partial charge in [-0.25, -0.2) is 4.79 Å². The zero-order valence-electron chi connectivity index (χ0n) is 13.4. The predicted octanol–water partition coefficient (Wildman–Crippen LogP) is 1.87. The molecule has 0 spiro atoms. The van der Waals surface area contributed by atoms with E-state index in [0.29, 0.717) is 13.0 Å². The summed E-state index contributed by atoms with van der Waals surface area (Å²) in [6.07, 6.45) is 5.75. The Bertz CT molecular complexity index is 328. The summed E-state index contributed by atoms with van der Waals surface area (Å²) in [7, 11) is 5.11. The van der Waals surface area contributed by atoms with Crippen LogP contribution in [0, 0.1) is 0 Å². The molecule has 0 heterocycles. The molecule has 2 amide bonds. The average molecular weight is 283 g/mol. The van der Waals surface area contributed by atoms with Gasteiger partial charge in [0.25, 0.3) is 0 Å². The van der Waals surface area contributed by atoms with Gasteiger partial charge in [0.2, 0.25) is 0 Å². The minimum Gasteiger partial charge on any atom is -0.341 e. The minimum atomic E-state index is -0.0902. The number of urea groups is 1. The van der Waals surface area contributed by atoms with Crippen molar-refractivity contribution in [2.24, 2.45) is 9.98 Å². The van der Waals surface area contributed by atoms with Crippen LogP contribution in [-0.4, -0.2) is 56.8 Å². The third kappa shape index (κ3) is 8.50. The summed E-state index contributed by atoms with van der Waals surface area (Å²) in [6, 6.07) is 0.195. The van der Waals surface area contributed by atoms with Gasteiger partial charge >= 0.3 is 6.03 Å². The Morgan fingerprint density at radius 3 is 2.70 bits per heavy atom. The molecular formula is C14H29N5O. The summed E-state index contributed by atoms with van der Waals surface area (Å²) in [5.74, 6) is 0.870. The summed E-state index contributed by atoms with van der Waals surface area (Å²) < 4.78 is 0. The number of carbonyl (C=O) groups is 1. The molecule has 0 radical (unpaired) electrons. The van der Waals surface area contributed by atoms with Crippen LogP contribution in [0.1, 0.15) is 39.5 Å². The first-order valence-electron chi connectivity index (χ1n) is 7.21. The van der Waals surface area contributed by atoms with E-state index >= 15 is 0 Å². The molecule has 0 fully saturated rings. The number of nitrogens with zero attached hydrogens (tertiary/aromatic N) is 3. The molecular weight excluding hydrogens is 254 g/mol. The summed E-state index contributed by atoms with van der Waals surface area (Å²) in [5.41, 5.74) is 0. The van der Waals surface area contributed by atoms with Gasteiger partial charge in [-0.1, -0.05) is 19.8 Å². The van der Waals surface area contributed by atoms with Gasteiger partial charge in [-0.15, -0.1) is 0 Å². The van der Waals surface area contributed by atoms with Crippen LogP contribution in [0.3, 0.4) is 0 Å². The Hall–Kier alpha value is -1.59. The lowest BCUT2D eigenvalue weighted by Crippen LogP contribution is -2.37. The van der Waals surface area contributed by atoms with Crippen LogP contribution in [0.2, 0.25) is 0 Å². The first kappa shape index (κ1) is 18.4. The van der Waals surface area contributed by atoms with Gasteiger partial charge < -0.3 is 15.5 Å². The molecule has 20 heavy (non-hydrogen) atoms. The molecule has 0 aliphatic rings. The predicted molar refractivity (Wildman–Crippen MR) is 85.7 cm³/mol. The molecule has 0 saturated heterocycles. The lowest BCUT2D eigenvalue weighted by atomic mass is 10.1. The van der Waals surface area contributed by atoms with Crippen molar-refractivity contribution in [2.45, 2.75) is 45.6 Å². The molecule has 0 aliphatic carbocycles. The van der Waals surface area contributed by atoms with E-state index in [4.69, 9.17) is 0 Å². The van der Waals surface area contributed by atoms with E-state index in [0.717, 1.165) is 12.3 Å². The van der Waals surface area contributed by atoms with Crippen LogP contribution in [0.15, 0.2) is 9.98 Å². The Labute approximate surface area is 122 Å². The minimum absolute atomic E-state index is 0.0902. The quantitative estimate of drug-likeness (QED) is 0.527. The Morgan fingerprint density at radius 2 is 2.15 bits per heavy atom. The second-order valence-corrected chi connectivity index (χ2v) is 4.83. The third-order valence-electron chi connectivity index (χ3n) is 2.96. The first-order chi connectivity index (χ1) is 9.54. The van der Waals surface area contributed by atoms with Crippen molar-refractivity contribution in [2.75, 3.05) is 27.7 Å². The highest BCUT2D eigenvalue weighted by molar-refractivity contribution is 5.92. The van der Waals surface area contributed by atoms with Crippen LogP contribution in [-0.2, 0) is 0 Å². The van der Waals surface area contributed by atoms with Crippen molar-refractivity contribution in [1.29, 1.82) is 0 Å². The standard InChI is InChI=1S/C14H29N5O/c1-6-7-8-12(2)18-13(17-11-15-3)9-10-19(5)14(20)16-4/h11-12H,6-10H2,1-5H3,(H,16,20)(H,15,17,18). The first-order valence-corrected chi connectivity index (χ1v) is 7.21. The van der Waals surface area contributed by atoms with Crippen LogP contribution >= 0.6 is 0 Å². The lowest BCUT2D eigenvalue weighted by molar-refractivity contribution is 0.212. The molecule has 0 aromatic heterocycles. The maximum absolute atomic E-state index is 11.4. The molecule has 1 atom stereocenters. The molecule has 1 unspecified atom stereocenters. The Balaban J connectivity index is 4.47. The molecule has 0 bridgehead atoms. The van der Waals surface area contributed by atoms with E-state index in [1.807, 2.05) is 0 Å². The van der Waals surface area contributed by atoms with E-state index in [9.17, 15) is 4.79 Å². The van der Waals surface area contributed by atoms with Crippen molar-refractivity contribution in [3.63, 3.8) is 0 Å². The van der Waals surface area contributed by atoms with Gasteiger partial charge in [0.1, 0.15) is 5.84 Å². The Kier molecular flexibility index (Phi) is 10.4. The second-order valence-electron chi connectivity index (χ2n) is 4.83. The van der Waals surface area contributed by atoms with Crippen molar-refractivity contribution >= 4 is 18.2 Å². The van der Waals surface area contributed by atoms with Crippen molar-refractivity contribution in [1.82, 2.24) is 15.5 Å². The molecule has 116 valence electrons. The number of unbranched alkanes of at least 4 members (excludes halogenated alkanes) is 1. The molecule has 0 aromatic rings. The van der Waals surface area contributed by atoms with Gasteiger partial charge in [-0.3, -0.25) is 9.98 Å². The highest BCUT2D eigenvalue weighted by atomic mass is 16.2. The third-order valence-corrected chi connectivity index (χ3v) is 2.96. The number of amides is 2. The maximum atomic E-state index is 11.4. The van der Waals surface area contributed by atoms with Crippen molar-refractivity contribution in [3.05, 3.63) is 0 Å². The number of hydrogen-bond acceptors (Lipinski definition) is 3. The number of carbonyl (C=O) groups excluding carboxylic acids is 1. The molecule has 0 saturated carbocycles. The summed E-state index contributed by atoms with van der Waals surface area (Å²) in [4.78, 5) is 21.6. The van der Waals surface area contributed by atoms with Gasteiger partial charge in [0.15, 0.2) is 0 Å². The molecule has 0 aliphatic heterocycles. The zero-order valence-corrected chi connectivity index (χ0v) is 13.4. The van der Waals surface area contributed by atoms with E-state index in [2.05, 4.69) is 34.5 Å². The smallest absolute Gasteiger partial charge is 0.316 e. The van der Waals surface area contributed by atoms with Crippen LogP contribution in [0.5, 0.6) is 0 Å². The van der Waals surface area contributed by atoms with Crippen LogP contribution < -0.4 is 10.6 Å². The monoisotopic (exact) mass is 283 g/mol. The van der Waals surface area contributed by atoms with Crippen LogP contribution in [0.25, 0.3) is 0 Å². The number of aliphatic imine (C=N–C) groups is 2. The molecule has 6 heteroatoms. The van der Waals surface area contributed by atoms with Crippen molar-refractivity contribution < 1.29 is 4.79 Å². The lowest BCUT2D eigenvalue weighted by Gasteiger charge is -2.17. The molecule has 6 nitrogen and oxygen atoms in total. The fourth-order valence-corrected chi connectivity index (χ4v) is 1.71. The normalized spacial score (nSPS) is 13.3. The van der Waals surface area contributed by atoms with Gasteiger partial charge in [0, 0.05) is 40.2 Å². The van der Waals surface area contributed by atoms with E-state index < -0.39 is 0 Å². The summed E-state index contributed by atoms with van der Waals surface area (Å²) >= 11 is 0.